The number of hydrogen-bond donors (Lipinski definition) is 1. The largest absolute Gasteiger partial charge is 0.416 e. The minimum atomic E-state index is -4.27. The van der Waals surface area contributed by atoms with Crippen molar-refractivity contribution >= 4 is 0 Å². The van der Waals surface area contributed by atoms with Gasteiger partial charge in [0.2, 0.25) is 0 Å². The summed E-state index contributed by atoms with van der Waals surface area (Å²) in [5, 5.41) is 2.74. The van der Waals surface area contributed by atoms with E-state index in [-0.39, 0.29) is 6.54 Å². The molecule has 1 nitrogen and oxygen atoms in total. The maximum atomic E-state index is 12.5. The molecule has 0 fully saturated rings. The fourth-order valence-electron chi connectivity index (χ4n) is 1.38. The van der Waals surface area contributed by atoms with Crippen LogP contribution in [0.15, 0.2) is 18.2 Å². The Kier molecular flexibility index (Phi) is 3.16. The summed E-state index contributed by atoms with van der Waals surface area (Å²) in [7, 11) is 1.63. The van der Waals surface area contributed by atoms with E-state index in [0.29, 0.717) is 11.1 Å². The predicted octanol–water partition coefficient (Wildman–Crippen LogP) is 2.73. The van der Waals surface area contributed by atoms with Gasteiger partial charge in [-0.1, -0.05) is 12.1 Å². The van der Waals surface area contributed by atoms with Crippen LogP contribution in [0.25, 0.3) is 0 Å². The molecule has 1 rings (SSSR count). The third-order valence-corrected chi connectivity index (χ3v) is 2.07. The molecule has 14 heavy (non-hydrogen) atoms. The van der Waals surface area contributed by atoms with Crippen LogP contribution in [-0.4, -0.2) is 7.05 Å². The van der Waals surface area contributed by atoms with Crippen LogP contribution in [0, 0.1) is 6.92 Å². The lowest BCUT2D eigenvalue weighted by Crippen LogP contribution is -2.15. The van der Waals surface area contributed by atoms with Crippen molar-refractivity contribution in [2.75, 3.05) is 7.05 Å². The van der Waals surface area contributed by atoms with Crippen molar-refractivity contribution in [3.8, 4) is 0 Å². The van der Waals surface area contributed by atoms with Crippen LogP contribution >= 0.6 is 0 Å². The van der Waals surface area contributed by atoms with Crippen molar-refractivity contribution in [1.29, 1.82) is 0 Å². The van der Waals surface area contributed by atoms with Crippen LogP contribution in [-0.2, 0) is 12.7 Å². The summed E-state index contributed by atoms with van der Waals surface area (Å²) in [4.78, 5) is 0. The van der Waals surface area contributed by atoms with Gasteiger partial charge in [0.15, 0.2) is 0 Å². The summed E-state index contributed by atoms with van der Waals surface area (Å²) in [6.07, 6.45) is -4.27. The second kappa shape index (κ2) is 4.00. The summed E-state index contributed by atoms with van der Waals surface area (Å²) < 4.78 is 37.6. The van der Waals surface area contributed by atoms with Gasteiger partial charge >= 0.3 is 6.18 Å². The molecular formula is C10H12F3N. The standard InChI is InChI=1S/C10H12F3N/c1-7-4-3-5-9(10(11,12)13)8(7)6-14-2/h3-5,14H,6H2,1-2H3. The minimum Gasteiger partial charge on any atom is -0.316 e. The summed E-state index contributed by atoms with van der Waals surface area (Å²) in [6.45, 7) is 1.92. The van der Waals surface area contributed by atoms with Gasteiger partial charge in [-0.2, -0.15) is 13.2 Å². The van der Waals surface area contributed by atoms with Gasteiger partial charge in [-0.15, -0.1) is 0 Å². The number of hydrogen-bond acceptors (Lipinski definition) is 1. The van der Waals surface area contributed by atoms with E-state index in [9.17, 15) is 13.2 Å². The van der Waals surface area contributed by atoms with Crippen molar-refractivity contribution in [2.24, 2.45) is 0 Å². The van der Waals surface area contributed by atoms with Gasteiger partial charge in [0.05, 0.1) is 5.56 Å². The highest BCUT2D eigenvalue weighted by atomic mass is 19.4. The van der Waals surface area contributed by atoms with Crippen LogP contribution in [0.1, 0.15) is 16.7 Å². The first-order chi connectivity index (χ1) is 6.46. The van der Waals surface area contributed by atoms with Crippen molar-refractivity contribution in [3.05, 3.63) is 34.9 Å². The van der Waals surface area contributed by atoms with Gasteiger partial charge in [-0.25, -0.2) is 0 Å². The van der Waals surface area contributed by atoms with E-state index in [2.05, 4.69) is 5.32 Å². The third kappa shape index (κ3) is 2.26. The number of nitrogens with one attached hydrogen (secondary N) is 1. The topological polar surface area (TPSA) is 12.0 Å². The molecule has 0 aliphatic rings. The Labute approximate surface area is 80.9 Å². The monoisotopic (exact) mass is 203 g/mol. The molecule has 0 unspecified atom stereocenters. The van der Waals surface area contributed by atoms with Crippen molar-refractivity contribution in [1.82, 2.24) is 5.32 Å². The highest BCUT2D eigenvalue weighted by molar-refractivity contribution is 5.36. The molecule has 0 bridgehead atoms. The van der Waals surface area contributed by atoms with Crippen molar-refractivity contribution in [3.63, 3.8) is 0 Å². The fourth-order valence-corrected chi connectivity index (χ4v) is 1.38. The Hall–Kier alpha value is -1.03. The highest BCUT2D eigenvalue weighted by Crippen LogP contribution is 2.33. The lowest BCUT2D eigenvalue weighted by atomic mass is 10.0. The molecule has 1 N–H and O–H groups in total. The Morgan fingerprint density at radius 2 is 1.93 bits per heavy atom. The second-order valence-electron chi connectivity index (χ2n) is 3.13. The Bertz CT molecular complexity index is 318. The van der Waals surface area contributed by atoms with E-state index < -0.39 is 11.7 Å². The summed E-state index contributed by atoms with van der Waals surface area (Å²) in [5.74, 6) is 0. The Morgan fingerprint density at radius 1 is 1.29 bits per heavy atom. The molecule has 0 atom stereocenters. The first-order valence-corrected chi connectivity index (χ1v) is 4.27. The van der Waals surface area contributed by atoms with Gasteiger partial charge in [0.1, 0.15) is 0 Å². The molecular weight excluding hydrogens is 191 g/mol. The van der Waals surface area contributed by atoms with E-state index in [0.717, 1.165) is 6.07 Å². The third-order valence-electron chi connectivity index (χ3n) is 2.07. The average Bonchev–Trinajstić information content (AvgIpc) is 2.07. The van der Waals surface area contributed by atoms with E-state index in [1.807, 2.05) is 0 Å². The van der Waals surface area contributed by atoms with Crippen LogP contribution in [0.2, 0.25) is 0 Å². The molecule has 4 heteroatoms. The van der Waals surface area contributed by atoms with Crippen LogP contribution in [0.4, 0.5) is 13.2 Å². The number of halogens is 3. The maximum absolute atomic E-state index is 12.5. The van der Waals surface area contributed by atoms with Crippen LogP contribution < -0.4 is 5.32 Å². The Morgan fingerprint density at radius 3 is 2.43 bits per heavy atom. The zero-order chi connectivity index (χ0) is 10.8. The van der Waals surface area contributed by atoms with E-state index in [4.69, 9.17) is 0 Å². The normalized spacial score (nSPS) is 11.8. The first-order valence-electron chi connectivity index (χ1n) is 4.27. The molecule has 0 heterocycles. The minimum absolute atomic E-state index is 0.238. The quantitative estimate of drug-likeness (QED) is 0.779. The molecule has 0 spiro atoms. The SMILES string of the molecule is CNCc1c(C)cccc1C(F)(F)F. The van der Waals surface area contributed by atoms with Gasteiger partial charge in [0.25, 0.3) is 0 Å². The fraction of sp³-hybridized carbons (Fsp3) is 0.400. The average molecular weight is 203 g/mol. The van der Waals surface area contributed by atoms with Crippen molar-refractivity contribution in [2.45, 2.75) is 19.6 Å². The van der Waals surface area contributed by atoms with Gasteiger partial charge in [-0.3, -0.25) is 0 Å². The molecule has 1 aromatic carbocycles. The van der Waals surface area contributed by atoms with E-state index in [1.165, 1.54) is 6.07 Å². The molecule has 0 radical (unpaired) electrons. The Balaban J connectivity index is 3.21. The van der Waals surface area contributed by atoms with Crippen molar-refractivity contribution < 1.29 is 13.2 Å². The lowest BCUT2D eigenvalue weighted by molar-refractivity contribution is -0.138. The van der Waals surface area contributed by atoms with Crippen LogP contribution in [0.5, 0.6) is 0 Å². The smallest absolute Gasteiger partial charge is 0.316 e. The number of benzene rings is 1. The zero-order valence-electron chi connectivity index (χ0n) is 8.07. The second-order valence-corrected chi connectivity index (χ2v) is 3.13. The van der Waals surface area contributed by atoms with Crippen LogP contribution in [0.3, 0.4) is 0 Å². The molecule has 78 valence electrons. The maximum Gasteiger partial charge on any atom is 0.416 e. The summed E-state index contributed by atoms with van der Waals surface area (Å²) in [5.41, 5.74) is 0.434. The molecule has 0 aliphatic carbocycles. The van der Waals surface area contributed by atoms with E-state index in [1.54, 1.807) is 20.0 Å². The molecule has 1 aromatic rings. The van der Waals surface area contributed by atoms with Gasteiger partial charge in [-0.05, 0) is 31.2 Å². The predicted molar refractivity (Wildman–Crippen MR) is 48.9 cm³/mol. The zero-order valence-corrected chi connectivity index (χ0v) is 8.07. The summed E-state index contributed by atoms with van der Waals surface area (Å²) >= 11 is 0. The number of rotatable bonds is 2. The molecule has 0 aliphatic heterocycles. The first kappa shape index (κ1) is 11.0. The molecule has 0 aromatic heterocycles. The highest BCUT2D eigenvalue weighted by Gasteiger charge is 2.33. The van der Waals surface area contributed by atoms with E-state index >= 15 is 0 Å². The lowest BCUT2D eigenvalue weighted by Gasteiger charge is -2.14. The van der Waals surface area contributed by atoms with Gasteiger partial charge < -0.3 is 5.32 Å². The number of aryl methyl sites for hydroxylation is 1. The molecule has 0 saturated carbocycles. The van der Waals surface area contributed by atoms with Gasteiger partial charge in [0, 0.05) is 6.54 Å². The molecule has 0 saturated heterocycles. The number of alkyl halides is 3. The summed E-state index contributed by atoms with van der Waals surface area (Å²) in [6, 6.07) is 4.22. The molecule has 0 amide bonds.